The van der Waals surface area contributed by atoms with Gasteiger partial charge >= 0.3 is 6.03 Å². The molecule has 0 heterocycles. The fourth-order valence-electron chi connectivity index (χ4n) is 1.58. The molecule has 5 nitrogen and oxygen atoms in total. The average Bonchev–Trinajstić information content (AvgIpc) is 2.30. The normalized spacial score (nSPS) is 9.95. The summed E-state index contributed by atoms with van der Waals surface area (Å²) < 4.78 is 0.969. The molecule has 0 aliphatic heterocycles. The first-order chi connectivity index (χ1) is 8.81. The monoisotopic (exact) mass is 327 g/mol. The number of likely N-dealkylation sites (N-methyl/N-ethyl adjacent to an activating group) is 1. The molecule has 0 aromatic heterocycles. The van der Waals surface area contributed by atoms with Crippen molar-refractivity contribution >= 4 is 33.6 Å². The molecule has 0 aliphatic carbocycles. The Morgan fingerprint density at radius 1 is 1.21 bits per heavy atom. The summed E-state index contributed by atoms with van der Waals surface area (Å²) in [5.74, 6) is -0.153. The molecule has 1 rings (SSSR count). The van der Waals surface area contributed by atoms with Crippen LogP contribution in [0.25, 0.3) is 0 Å². The number of carbonyl (C=O) groups excluding carboxylic acids is 2. The molecule has 0 radical (unpaired) electrons. The van der Waals surface area contributed by atoms with Crippen molar-refractivity contribution < 1.29 is 9.59 Å². The van der Waals surface area contributed by atoms with Gasteiger partial charge in [-0.3, -0.25) is 4.79 Å². The van der Waals surface area contributed by atoms with Crippen molar-refractivity contribution in [3.8, 4) is 0 Å². The molecule has 2 N–H and O–H groups in total. The highest BCUT2D eigenvalue weighted by Crippen LogP contribution is 2.24. The Bertz CT molecular complexity index is 478. The Hall–Kier alpha value is -1.56. The van der Waals surface area contributed by atoms with Gasteiger partial charge in [0.05, 0.1) is 6.54 Å². The number of halogens is 1. The van der Waals surface area contributed by atoms with Crippen LogP contribution in [0.1, 0.15) is 11.1 Å². The van der Waals surface area contributed by atoms with Gasteiger partial charge in [0.1, 0.15) is 0 Å². The van der Waals surface area contributed by atoms with Crippen LogP contribution < -0.4 is 10.6 Å². The molecule has 0 saturated heterocycles. The second-order valence-corrected chi connectivity index (χ2v) is 5.43. The molecule has 104 valence electrons. The number of nitrogens with zero attached hydrogens (tertiary/aromatic N) is 1. The number of hydrogen-bond donors (Lipinski definition) is 2. The van der Waals surface area contributed by atoms with Gasteiger partial charge < -0.3 is 15.5 Å². The van der Waals surface area contributed by atoms with Crippen molar-refractivity contribution in [3.05, 3.63) is 27.7 Å². The van der Waals surface area contributed by atoms with Crippen molar-refractivity contribution in [2.75, 3.05) is 26.0 Å². The van der Waals surface area contributed by atoms with Gasteiger partial charge in [0.2, 0.25) is 5.91 Å². The van der Waals surface area contributed by atoms with Crippen molar-refractivity contribution in [3.63, 3.8) is 0 Å². The van der Waals surface area contributed by atoms with Gasteiger partial charge in [-0.15, -0.1) is 0 Å². The molecule has 3 amide bonds. The molecule has 1 aromatic rings. The van der Waals surface area contributed by atoms with E-state index in [1.807, 2.05) is 26.0 Å². The highest BCUT2D eigenvalue weighted by molar-refractivity contribution is 9.10. The molecule has 0 saturated carbocycles. The summed E-state index contributed by atoms with van der Waals surface area (Å²) in [6.07, 6.45) is 0. The maximum Gasteiger partial charge on any atom is 0.319 e. The third-order valence-corrected chi connectivity index (χ3v) is 3.09. The highest BCUT2D eigenvalue weighted by atomic mass is 79.9. The fourth-order valence-corrected chi connectivity index (χ4v) is 2.27. The van der Waals surface area contributed by atoms with E-state index in [0.29, 0.717) is 0 Å². The van der Waals surface area contributed by atoms with Crippen molar-refractivity contribution in [1.29, 1.82) is 0 Å². The number of anilines is 1. The van der Waals surface area contributed by atoms with Crippen LogP contribution in [0.5, 0.6) is 0 Å². The van der Waals surface area contributed by atoms with Crippen molar-refractivity contribution in [1.82, 2.24) is 10.2 Å². The Morgan fingerprint density at radius 3 is 2.21 bits per heavy atom. The molecule has 0 atom stereocenters. The molecule has 6 heteroatoms. The summed E-state index contributed by atoms with van der Waals surface area (Å²) in [6.45, 7) is 3.81. The second-order valence-electron chi connectivity index (χ2n) is 4.51. The predicted octanol–water partition coefficient (Wildman–Crippen LogP) is 2.28. The summed E-state index contributed by atoms with van der Waals surface area (Å²) >= 11 is 3.40. The lowest BCUT2D eigenvalue weighted by molar-refractivity contribution is -0.127. The zero-order chi connectivity index (χ0) is 14.6. The number of carbonyl (C=O) groups is 2. The van der Waals surface area contributed by atoms with Gasteiger partial charge in [0, 0.05) is 24.3 Å². The van der Waals surface area contributed by atoms with Crippen LogP contribution in [-0.4, -0.2) is 37.5 Å². The van der Waals surface area contributed by atoms with Crippen LogP contribution in [-0.2, 0) is 4.79 Å². The minimum absolute atomic E-state index is 0.0204. The third kappa shape index (κ3) is 4.55. The van der Waals surface area contributed by atoms with Crippen molar-refractivity contribution in [2.45, 2.75) is 13.8 Å². The Balaban J connectivity index is 2.65. The van der Waals surface area contributed by atoms with Crippen LogP contribution in [0, 0.1) is 13.8 Å². The first kappa shape index (κ1) is 15.5. The molecular weight excluding hydrogens is 310 g/mol. The van der Waals surface area contributed by atoms with E-state index in [4.69, 9.17) is 0 Å². The van der Waals surface area contributed by atoms with Gasteiger partial charge in [-0.2, -0.15) is 0 Å². The van der Waals surface area contributed by atoms with E-state index in [-0.39, 0.29) is 18.5 Å². The van der Waals surface area contributed by atoms with E-state index in [2.05, 4.69) is 26.6 Å². The number of hydrogen-bond acceptors (Lipinski definition) is 2. The summed E-state index contributed by atoms with van der Waals surface area (Å²) in [4.78, 5) is 24.5. The topological polar surface area (TPSA) is 61.4 Å². The molecular formula is C13H18BrN3O2. The van der Waals surface area contributed by atoms with E-state index < -0.39 is 0 Å². The minimum Gasteiger partial charge on any atom is -0.347 e. The van der Waals surface area contributed by atoms with Crippen molar-refractivity contribution in [2.24, 2.45) is 0 Å². The van der Waals surface area contributed by atoms with Gasteiger partial charge in [0.15, 0.2) is 0 Å². The van der Waals surface area contributed by atoms with Crippen LogP contribution in [0.4, 0.5) is 10.5 Å². The first-order valence-electron chi connectivity index (χ1n) is 5.83. The van der Waals surface area contributed by atoms with Crippen LogP contribution in [0.2, 0.25) is 0 Å². The minimum atomic E-state index is -0.385. The van der Waals surface area contributed by atoms with Crippen LogP contribution in [0.15, 0.2) is 16.6 Å². The van der Waals surface area contributed by atoms with E-state index in [9.17, 15) is 9.59 Å². The lowest BCUT2D eigenvalue weighted by Gasteiger charge is -2.14. The third-order valence-electron chi connectivity index (χ3n) is 2.63. The first-order valence-corrected chi connectivity index (χ1v) is 6.62. The van der Waals surface area contributed by atoms with Gasteiger partial charge in [-0.25, -0.2) is 4.79 Å². The lowest BCUT2D eigenvalue weighted by atomic mass is 10.1. The SMILES string of the molecule is Cc1cc(Br)cc(C)c1NC(=O)NCC(=O)N(C)C. The molecule has 0 fully saturated rings. The maximum atomic E-state index is 11.7. The maximum absolute atomic E-state index is 11.7. The van der Waals surface area contributed by atoms with E-state index >= 15 is 0 Å². The molecule has 19 heavy (non-hydrogen) atoms. The Morgan fingerprint density at radius 2 is 1.74 bits per heavy atom. The fraction of sp³-hybridized carbons (Fsp3) is 0.385. The van der Waals surface area contributed by atoms with Gasteiger partial charge in [-0.1, -0.05) is 15.9 Å². The number of amides is 3. The zero-order valence-electron chi connectivity index (χ0n) is 11.5. The van der Waals surface area contributed by atoms with Gasteiger partial charge in [0.25, 0.3) is 0 Å². The average molecular weight is 328 g/mol. The quantitative estimate of drug-likeness (QED) is 0.894. The van der Waals surface area contributed by atoms with E-state index in [0.717, 1.165) is 21.3 Å². The molecule has 0 unspecified atom stereocenters. The number of rotatable bonds is 3. The summed E-state index contributed by atoms with van der Waals surface area (Å²) in [7, 11) is 3.29. The largest absolute Gasteiger partial charge is 0.347 e. The molecule has 0 spiro atoms. The highest BCUT2D eigenvalue weighted by Gasteiger charge is 2.10. The number of benzene rings is 1. The zero-order valence-corrected chi connectivity index (χ0v) is 13.1. The van der Waals surface area contributed by atoms with E-state index in [1.165, 1.54) is 4.90 Å². The predicted molar refractivity (Wildman–Crippen MR) is 79.3 cm³/mol. The van der Waals surface area contributed by atoms with E-state index in [1.54, 1.807) is 14.1 Å². The van der Waals surface area contributed by atoms with Gasteiger partial charge in [-0.05, 0) is 37.1 Å². The molecule has 0 bridgehead atoms. The van der Waals surface area contributed by atoms with Crippen LogP contribution >= 0.6 is 15.9 Å². The Kier molecular flexibility index (Phi) is 5.35. The molecule has 0 aliphatic rings. The Labute approximate surface area is 121 Å². The number of nitrogens with one attached hydrogen (secondary N) is 2. The summed E-state index contributed by atoms with van der Waals surface area (Å²) in [6, 6.07) is 3.46. The smallest absolute Gasteiger partial charge is 0.319 e. The second kappa shape index (κ2) is 6.56. The summed E-state index contributed by atoms with van der Waals surface area (Å²) in [5.41, 5.74) is 2.68. The standard InChI is InChI=1S/C13H18BrN3O2/c1-8-5-10(14)6-9(2)12(8)16-13(19)15-7-11(18)17(3)4/h5-6H,7H2,1-4H3,(H2,15,16,19). The number of aryl methyl sites for hydroxylation is 2. The lowest BCUT2D eigenvalue weighted by Crippen LogP contribution is -2.38. The number of urea groups is 1. The van der Waals surface area contributed by atoms with Crippen LogP contribution in [0.3, 0.4) is 0 Å². The molecule has 1 aromatic carbocycles. The summed E-state index contributed by atoms with van der Waals surface area (Å²) in [5, 5.41) is 5.29.